The van der Waals surface area contributed by atoms with Crippen molar-refractivity contribution < 1.29 is 0 Å². The van der Waals surface area contributed by atoms with Crippen LogP contribution < -0.4 is 0 Å². The Balaban J connectivity index is 2.68. The molecule has 4 heteroatoms. The van der Waals surface area contributed by atoms with E-state index in [9.17, 15) is 0 Å². The van der Waals surface area contributed by atoms with E-state index in [2.05, 4.69) is 9.97 Å². The summed E-state index contributed by atoms with van der Waals surface area (Å²) in [4.78, 5) is 8.26. The third kappa shape index (κ3) is 1.96. The van der Waals surface area contributed by atoms with Gasteiger partial charge >= 0.3 is 0 Å². The zero-order valence-corrected chi connectivity index (χ0v) is 9.55. The quantitative estimate of drug-likeness (QED) is 0.757. The summed E-state index contributed by atoms with van der Waals surface area (Å²) in [6.45, 7) is 1.92. The Morgan fingerprint density at radius 3 is 2.40 bits per heavy atom. The second kappa shape index (κ2) is 4.17. The number of aryl methyl sites for hydroxylation is 1. The second-order valence-electron chi connectivity index (χ2n) is 3.13. The minimum Gasteiger partial charge on any atom is -0.236 e. The largest absolute Gasteiger partial charge is 0.236 e. The fourth-order valence-electron chi connectivity index (χ4n) is 1.29. The van der Waals surface area contributed by atoms with Crippen molar-refractivity contribution in [2.75, 3.05) is 0 Å². The first-order chi connectivity index (χ1) is 7.20. The molecule has 76 valence electrons. The molecule has 0 atom stereocenters. The fourth-order valence-corrected chi connectivity index (χ4v) is 1.83. The van der Waals surface area contributed by atoms with Gasteiger partial charge in [0.2, 0.25) is 0 Å². The maximum absolute atomic E-state index is 6.17. The van der Waals surface area contributed by atoms with Crippen LogP contribution in [-0.4, -0.2) is 9.97 Å². The molecule has 0 bridgehead atoms. The summed E-state index contributed by atoms with van der Waals surface area (Å²) in [6.07, 6.45) is 3.33. The predicted molar refractivity (Wildman–Crippen MR) is 62.2 cm³/mol. The zero-order valence-electron chi connectivity index (χ0n) is 8.04. The number of hydrogen-bond donors (Lipinski definition) is 0. The first-order valence-electron chi connectivity index (χ1n) is 4.42. The van der Waals surface area contributed by atoms with Gasteiger partial charge in [0.15, 0.2) is 5.82 Å². The molecule has 0 unspecified atom stereocenters. The highest BCUT2D eigenvalue weighted by atomic mass is 35.5. The van der Waals surface area contributed by atoms with E-state index in [1.54, 1.807) is 24.5 Å². The smallest absolute Gasteiger partial charge is 0.162 e. The van der Waals surface area contributed by atoms with E-state index in [-0.39, 0.29) is 0 Å². The lowest BCUT2D eigenvalue weighted by Gasteiger charge is -2.07. The molecule has 1 aromatic carbocycles. The Bertz CT molecular complexity index is 483. The highest BCUT2D eigenvalue weighted by molar-refractivity contribution is 6.39. The van der Waals surface area contributed by atoms with Crippen LogP contribution in [0.4, 0.5) is 0 Å². The first kappa shape index (κ1) is 10.4. The summed E-state index contributed by atoms with van der Waals surface area (Å²) in [5.74, 6) is 0.552. The molecule has 15 heavy (non-hydrogen) atoms. The van der Waals surface area contributed by atoms with Crippen LogP contribution in [0.2, 0.25) is 10.0 Å². The molecule has 0 saturated carbocycles. The standard InChI is InChI=1S/C11H8Cl2N2/c1-7-3-4-8(12)9(10(7)13)11-14-5-2-6-15-11/h2-6H,1H3. The molecule has 2 aromatic rings. The molecule has 0 aliphatic heterocycles. The Labute approximate surface area is 97.9 Å². The van der Waals surface area contributed by atoms with Crippen molar-refractivity contribution in [2.24, 2.45) is 0 Å². The molecule has 0 aliphatic carbocycles. The van der Waals surface area contributed by atoms with E-state index in [1.807, 2.05) is 13.0 Å². The summed E-state index contributed by atoms with van der Waals surface area (Å²) in [6, 6.07) is 5.42. The van der Waals surface area contributed by atoms with Crippen molar-refractivity contribution in [2.45, 2.75) is 6.92 Å². The zero-order chi connectivity index (χ0) is 10.8. The molecule has 0 N–H and O–H groups in total. The van der Waals surface area contributed by atoms with Crippen LogP contribution in [0, 0.1) is 6.92 Å². The average Bonchev–Trinajstić information content (AvgIpc) is 2.26. The van der Waals surface area contributed by atoms with Gasteiger partial charge in [0.05, 0.1) is 15.6 Å². The van der Waals surface area contributed by atoms with E-state index in [4.69, 9.17) is 23.2 Å². The Hall–Kier alpha value is -1.12. The number of hydrogen-bond acceptors (Lipinski definition) is 2. The Kier molecular flexibility index (Phi) is 2.89. The summed E-state index contributed by atoms with van der Waals surface area (Å²) in [5, 5.41) is 1.17. The van der Waals surface area contributed by atoms with Crippen molar-refractivity contribution in [3.63, 3.8) is 0 Å². The van der Waals surface area contributed by atoms with Gasteiger partial charge in [-0.1, -0.05) is 29.3 Å². The minimum atomic E-state index is 0.552. The summed E-state index contributed by atoms with van der Waals surface area (Å²) >= 11 is 12.2. The second-order valence-corrected chi connectivity index (χ2v) is 3.91. The summed E-state index contributed by atoms with van der Waals surface area (Å²) in [5.41, 5.74) is 1.66. The highest BCUT2D eigenvalue weighted by Crippen LogP contribution is 2.34. The van der Waals surface area contributed by atoms with Crippen molar-refractivity contribution in [1.82, 2.24) is 9.97 Å². The van der Waals surface area contributed by atoms with Gasteiger partial charge in [0.1, 0.15) is 0 Å². The predicted octanol–water partition coefficient (Wildman–Crippen LogP) is 3.76. The number of aromatic nitrogens is 2. The molecule has 0 spiro atoms. The lowest BCUT2D eigenvalue weighted by molar-refractivity contribution is 1.17. The number of benzene rings is 1. The molecular formula is C11H8Cl2N2. The molecule has 0 saturated heterocycles. The van der Waals surface area contributed by atoms with E-state index in [1.165, 1.54) is 0 Å². The minimum absolute atomic E-state index is 0.552. The summed E-state index contributed by atoms with van der Waals surface area (Å²) < 4.78 is 0. The molecule has 0 fully saturated rings. The molecule has 1 aromatic heterocycles. The van der Waals surface area contributed by atoms with E-state index >= 15 is 0 Å². The van der Waals surface area contributed by atoms with Crippen LogP contribution in [0.3, 0.4) is 0 Å². The Morgan fingerprint density at radius 1 is 1.07 bits per heavy atom. The van der Waals surface area contributed by atoms with Crippen molar-refractivity contribution >= 4 is 23.2 Å². The first-order valence-corrected chi connectivity index (χ1v) is 5.17. The Morgan fingerprint density at radius 2 is 1.73 bits per heavy atom. The monoisotopic (exact) mass is 238 g/mol. The van der Waals surface area contributed by atoms with Crippen LogP contribution in [0.25, 0.3) is 11.4 Å². The van der Waals surface area contributed by atoms with Gasteiger partial charge in [-0.25, -0.2) is 9.97 Å². The van der Waals surface area contributed by atoms with Gasteiger partial charge in [0.25, 0.3) is 0 Å². The van der Waals surface area contributed by atoms with Gasteiger partial charge in [0, 0.05) is 12.4 Å². The van der Waals surface area contributed by atoms with Crippen molar-refractivity contribution in [3.05, 3.63) is 46.2 Å². The van der Waals surface area contributed by atoms with Crippen LogP contribution in [0.5, 0.6) is 0 Å². The SMILES string of the molecule is Cc1ccc(Cl)c(-c2ncccn2)c1Cl. The van der Waals surface area contributed by atoms with Gasteiger partial charge in [-0.05, 0) is 24.6 Å². The van der Waals surface area contributed by atoms with Crippen LogP contribution in [0.15, 0.2) is 30.6 Å². The van der Waals surface area contributed by atoms with E-state index in [0.717, 1.165) is 5.56 Å². The maximum atomic E-state index is 6.17. The lowest BCUT2D eigenvalue weighted by Crippen LogP contribution is -1.90. The third-order valence-electron chi connectivity index (χ3n) is 2.07. The lowest BCUT2D eigenvalue weighted by atomic mass is 10.1. The summed E-state index contributed by atoms with van der Waals surface area (Å²) in [7, 11) is 0. The molecule has 2 rings (SSSR count). The van der Waals surface area contributed by atoms with Gasteiger partial charge in [-0.3, -0.25) is 0 Å². The van der Waals surface area contributed by atoms with Crippen LogP contribution in [0.1, 0.15) is 5.56 Å². The highest BCUT2D eigenvalue weighted by Gasteiger charge is 2.12. The molecule has 0 radical (unpaired) electrons. The maximum Gasteiger partial charge on any atom is 0.162 e. The van der Waals surface area contributed by atoms with Crippen molar-refractivity contribution in [3.8, 4) is 11.4 Å². The van der Waals surface area contributed by atoms with Crippen LogP contribution >= 0.6 is 23.2 Å². The van der Waals surface area contributed by atoms with E-state index < -0.39 is 0 Å². The average molecular weight is 239 g/mol. The molecule has 0 amide bonds. The molecule has 2 nitrogen and oxygen atoms in total. The normalized spacial score (nSPS) is 10.3. The molecular weight excluding hydrogens is 231 g/mol. The van der Waals surface area contributed by atoms with Crippen molar-refractivity contribution in [1.29, 1.82) is 0 Å². The third-order valence-corrected chi connectivity index (χ3v) is 2.88. The number of nitrogens with zero attached hydrogens (tertiary/aromatic N) is 2. The van der Waals surface area contributed by atoms with Gasteiger partial charge < -0.3 is 0 Å². The topological polar surface area (TPSA) is 25.8 Å². The molecule has 1 heterocycles. The number of rotatable bonds is 1. The molecule has 0 aliphatic rings. The fraction of sp³-hybridized carbons (Fsp3) is 0.0909. The van der Waals surface area contributed by atoms with Gasteiger partial charge in [-0.15, -0.1) is 0 Å². The number of halogens is 2. The van der Waals surface area contributed by atoms with Gasteiger partial charge in [-0.2, -0.15) is 0 Å². The van der Waals surface area contributed by atoms with E-state index in [0.29, 0.717) is 21.4 Å². The van der Waals surface area contributed by atoms with Crippen LogP contribution in [-0.2, 0) is 0 Å².